The highest BCUT2D eigenvalue weighted by molar-refractivity contribution is 5.13. The Bertz CT molecular complexity index is 265. The minimum absolute atomic E-state index is 0.220. The molecule has 1 unspecified atom stereocenters. The summed E-state index contributed by atoms with van der Waals surface area (Å²) in [5.74, 6) is 1.79. The normalized spacial score (nSPS) is 19.4. The molecule has 0 spiro atoms. The largest absolute Gasteiger partial charge is 0.367 e. The predicted molar refractivity (Wildman–Crippen MR) is 45.2 cm³/mol. The van der Waals surface area contributed by atoms with E-state index in [0.717, 1.165) is 12.2 Å². The van der Waals surface area contributed by atoms with Gasteiger partial charge in [-0.3, -0.25) is 5.10 Å². The van der Waals surface area contributed by atoms with E-state index >= 15 is 0 Å². The summed E-state index contributed by atoms with van der Waals surface area (Å²) in [5.41, 5.74) is 11.2. The van der Waals surface area contributed by atoms with Crippen LogP contribution in [0.5, 0.6) is 0 Å². The molecule has 66 valence electrons. The molecule has 1 saturated carbocycles. The Morgan fingerprint density at radius 3 is 2.83 bits per heavy atom. The molecule has 0 saturated heterocycles. The molecule has 0 radical (unpaired) electrons. The van der Waals surface area contributed by atoms with Gasteiger partial charge in [-0.2, -0.15) is 4.98 Å². The second-order valence-electron chi connectivity index (χ2n) is 3.35. The SMILES string of the molecule is Nc1n[nH]c(CC(N)C2CC2)n1. The lowest BCUT2D eigenvalue weighted by atomic mass is 10.1. The number of hydrogen-bond acceptors (Lipinski definition) is 4. The van der Waals surface area contributed by atoms with E-state index in [9.17, 15) is 0 Å². The van der Waals surface area contributed by atoms with Gasteiger partial charge in [0.15, 0.2) is 0 Å². The van der Waals surface area contributed by atoms with Gasteiger partial charge in [-0.25, -0.2) is 0 Å². The number of nitrogens with two attached hydrogens (primary N) is 2. The first-order valence-corrected chi connectivity index (χ1v) is 4.18. The van der Waals surface area contributed by atoms with Gasteiger partial charge in [0.1, 0.15) is 5.82 Å². The van der Waals surface area contributed by atoms with Gasteiger partial charge in [0, 0.05) is 12.5 Å². The standard InChI is InChI=1S/C7H13N5/c8-5(4-1-2-4)3-6-10-7(9)12-11-6/h4-5H,1-3,8H2,(H3,9,10,11,12). The quantitative estimate of drug-likeness (QED) is 0.574. The van der Waals surface area contributed by atoms with Crippen molar-refractivity contribution >= 4 is 5.95 Å². The van der Waals surface area contributed by atoms with Crippen LogP contribution in [0, 0.1) is 5.92 Å². The minimum atomic E-state index is 0.220. The number of hydrogen-bond donors (Lipinski definition) is 3. The number of nitrogens with zero attached hydrogens (tertiary/aromatic N) is 2. The highest BCUT2D eigenvalue weighted by atomic mass is 15.3. The molecule has 5 heteroatoms. The van der Waals surface area contributed by atoms with Gasteiger partial charge in [-0.1, -0.05) is 0 Å². The summed E-state index contributed by atoms with van der Waals surface area (Å²) in [7, 11) is 0. The van der Waals surface area contributed by atoms with Crippen LogP contribution in [0.25, 0.3) is 0 Å². The van der Waals surface area contributed by atoms with E-state index < -0.39 is 0 Å². The van der Waals surface area contributed by atoms with E-state index in [4.69, 9.17) is 11.5 Å². The number of aromatic nitrogens is 3. The molecule has 1 heterocycles. The maximum atomic E-state index is 5.89. The van der Waals surface area contributed by atoms with E-state index in [0.29, 0.717) is 11.9 Å². The molecule has 2 rings (SSSR count). The highest BCUT2D eigenvalue weighted by Crippen LogP contribution is 2.32. The lowest BCUT2D eigenvalue weighted by molar-refractivity contribution is 0.576. The predicted octanol–water partition coefficient (Wildman–Crippen LogP) is -0.333. The van der Waals surface area contributed by atoms with Crippen molar-refractivity contribution in [1.82, 2.24) is 15.2 Å². The van der Waals surface area contributed by atoms with Crippen LogP contribution in [0.3, 0.4) is 0 Å². The van der Waals surface area contributed by atoms with Gasteiger partial charge in [0.2, 0.25) is 5.95 Å². The summed E-state index contributed by atoms with van der Waals surface area (Å²) in [6.45, 7) is 0. The van der Waals surface area contributed by atoms with Crippen molar-refractivity contribution in [3.05, 3.63) is 5.82 Å². The number of anilines is 1. The van der Waals surface area contributed by atoms with Gasteiger partial charge in [0.05, 0.1) is 0 Å². The van der Waals surface area contributed by atoms with Crippen LogP contribution >= 0.6 is 0 Å². The molecule has 12 heavy (non-hydrogen) atoms. The van der Waals surface area contributed by atoms with Crippen molar-refractivity contribution in [1.29, 1.82) is 0 Å². The summed E-state index contributed by atoms with van der Waals surface area (Å²) in [5, 5.41) is 6.49. The van der Waals surface area contributed by atoms with Crippen LogP contribution < -0.4 is 11.5 Å². The Kier molecular flexibility index (Phi) is 1.73. The van der Waals surface area contributed by atoms with Crippen molar-refractivity contribution in [2.75, 3.05) is 5.73 Å². The first-order chi connectivity index (χ1) is 5.75. The fourth-order valence-electron chi connectivity index (χ4n) is 1.32. The Balaban J connectivity index is 1.93. The number of rotatable bonds is 3. The molecule has 1 atom stereocenters. The van der Waals surface area contributed by atoms with Crippen molar-refractivity contribution < 1.29 is 0 Å². The summed E-state index contributed by atoms with van der Waals surface area (Å²) in [6, 6.07) is 0.220. The Labute approximate surface area is 70.5 Å². The van der Waals surface area contributed by atoms with Crippen LogP contribution in [0.2, 0.25) is 0 Å². The van der Waals surface area contributed by atoms with E-state index in [1.807, 2.05) is 0 Å². The molecule has 1 aliphatic rings. The molecule has 0 amide bonds. The monoisotopic (exact) mass is 167 g/mol. The van der Waals surface area contributed by atoms with Crippen LogP contribution in [0.4, 0.5) is 5.95 Å². The van der Waals surface area contributed by atoms with E-state index in [-0.39, 0.29) is 6.04 Å². The average Bonchev–Trinajstić information content (AvgIpc) is 2.78. The zero-order valence-electron chi connectivity index (χ0n) is 6.83. The van der Waals surface area contributed by atoms with Gasteiger partial charge in [-0.05, 0) is 18.8 Å². The molecule has 1 aromatic heterocycles. The molecule has 1 aliphatic carbocycles. The summed E-state index contributed by atoms with van der Waals surface area (Å²) >= 11 is 0. The first kappa shape index (κ1) is 7.54. The molecule has 1 aromatic rings. The number of aromatic amines is 1. The summed E-state index contributed by atoms with van der Waals surface area (Å²) in [6.07, 6.45) is 3.27. The molecule has 0 aliphatic heterocycles. The van der Waals surface area contributed by atoms with Crippen molar-refractivity contribution in [3.8, 4) is 0 Å². The van der Waals surface area contributed by atoms with E-state index in [1.165, 1.54) is 12.8 Å². The maximum Gasteiger partial charge on any atom is 0.239 e. The molecule has 0 bridgehead atoms. The molecule has 0 aromatic carbocycles. The number of nitrogens with one attached hydrogen (secondary N) is 1. The van der Waals surface area contributed by atoms with Crippen LogP contribution in [0.15, 0.2) is 0 Å². The van der Waals surface area contributed by atoms with E-state index in [1.54, 1.807) is 0 Å². The Morgan fingerprint density at radius 1 is 1.58 bits per heavy atom. The molecule has 5 N–H and O–H groups in total. The third-order valence-corrected chi connectivity index (χ3v) is 2.21. The van der Waals surface area contributed by atoms with Crippen LogP contribution in [0.1, 0.15) is 18.7 Å². The fraction of sp³-hybridized carbons (Fsp3) is 0.714. The Morgan fingerprint density at radius 2 is 2.33 bits per heavy atom. The zero-order valence-corrected chi connectivity index (χ0v) is 6.83. The lowest BCUT2D eigenvalue weighted by Gasteiger charge is -2.05. The smallest absolute Gasteiger partial charge is 0.239 e. The van der Waals surface area contributed by atoms with Crippen molar-refractivity contribution in [3.63, 3.8) is 0 Å². The second-order valence-corrected chi connectivity index (χ2v) is 3.35. The van der Waals surface area contributed by atoms with Gasteiger partial charge in [0.25, 0.3) is 0 Å². The fourth-order valence-corrected chi connectivity index (χ4v) is 1.32. The van der Waals surface area contributed by atoms with Gasteiger partial charge < -0.3 is 11.5 Å². The zero-order chi connectivity index (χ0) is 8.55. The van der Waals surface area contributed by atoms with Crippen LogP contribution in [-0.4, -0.2) is 21.2 Å². The van der Waals surface area contributed by atoms with Gasteiger partial charge >= 0.3 is 0 Å². The maximum absolute atomic E-state index is 5.89. The molecule has 1 fully saturated rings. The van der Waals surface area contributed by atoms with Crippen molar-refractivity contribution in [2.24, 2.45) is 11.7 Å². The molecule has 5 nitrogen and oxygen atoms in total. The molecular weight excluding hydrogens is 154 g/mol. The third-order valence-electron chi connectivity index (χ3n) is 2.21. The first-order valence-electron chi connectivity index (χ1n) is 4.18. The molecular formula is C7H13N5. The Hall–Kier alpha value is -1.10. The summed E-state index contributed by atoms with van der Waals surface area (Å²) < 4.78 is 0. The topological polar surface area (TPSA) is 93.6 Å². The average molecular weight is 167 g/mol. The van der Waals surface area contributed by atoms with E-state index in [2.05, 4.69) is 15.2 Å². The minimum Gasteiger partial charge on any atom is -0.367 e. The highest BCUT2D eigenvalue weighted by Gasteiger charge is 2.28. The van der Waals surface area contributed by atoms with Crippen LogP contribution in [-0.2, 0) is 6.42 Å². The third kappa shape index (κ3) is 1.55. The van der Waals surface area contributed by atoms with Gasteiger partial charge in [-0.15, -0.1) is 5.10 Å². The lowest BCUT2D eigenvalue weighted by Crippen LogP contribution is -2.25. The summed E-state index contributed by atoms with van der Waals surface area (Å²) in [4.78, 5) is 3.99. The number of H-pyrrole nitrogens is 1. The van der Waals surface area contributed by atoms with Crippen molar-refractivity contribution in [2.45, 2.75) is 25.3 Å². The number of nitrogen functional groups attached to an aromatic ring is 1. The second kappa shape index (κ2) is 2.75.